The van der Waals surface area contributed by atoms with Gasteiger partial charge < -0.3 is 19.3 Å². The molecule has 112 valence electrons. The van der Waals surface area contributed by atoms with Crippen molar-refractivity contribution in [2.75, 3.05) is 27.4 Å². The molecule has 0 spiro atoms. The molecule has 0 radical (unpaired) electrons. The Kier molecular flexibility index (Phi) is 5.46. The number of para-hydroxylation sites is 1. The van der Waals surface area contributed by atoms with Crippen LogP contribution < -0.4 is 14.2 Å². The van der Waals surface area contributed by atoms with E-state index >= 15 is 0 Å². The molecule has 0 saturated heterocycles. The van der Waals surface area contributed by atoms with Gasteiger partial charge in [-0.05, 0) is 18.2 Å². The van der Waals surface area contributed by atoms with Gasteiger partial charge in [-0.2, -0.15) is 0 Å². The smallest absolute Gasteiger partial charge is 0.123 e. The topological polar surface area (TPSA) is 47.9 Å². The van der Waals surface area contributed by atoms with Crippen LogP contribution in [0.25, 0.3) is 0 Å². The highest BCUT2D eigenvalue weighted by Gasteiger charge is 2.16. The molecule has 0 saturated carbocycles. The van der Waals surface area contributed by atoms with Crippen LogP contribution in [-0.4, -0.2) is 32.5 Å². The Morgan fingerprint density at radius 2 is 1.71 bits per heavy atom. The normalized spacial score (nSPS) is 11.8. The molecule has 4 nitrogen and oxygen atoms in total. The lowest BCUT2D eigenvalue weighted by Crippen LogP contribution is -2.15. The Hall–Kier alpha value is -2.20. The fourth-order valence-corrected chi connectivity index (χ4v) is 2.13. The van der Waals surface area contributed by atoms with Gasteiger partial charge in [0, 0.05) is 17.5 Å². The SMILES string of the molecule is COc1cccc(OCC(CO)c2ccccc2OC)c1. The molecule has 0 aliphatic heterocycles. The Labute approximate surface area is 124 Å². The summed E-state index contributed by atoms with van der Waals surface area (Å²) in [5.41, 5.74) is 0.936. The maximum atomic E-state index is 9.62. The lowest BCUT2D eigenvalue weighted by Gasteiger charge is -2.18. The van der Waals surface area contributed by atoms with Crippen molar-refractivity contribution >= 4 is 0 Å². The Morgan fingerprint density at radius 3 is 2.43 bits per heavy atom. The fraction of sp³-hybridized carbons (Fsp3) is 0.294. The van der Waals surface area contributed by atoms with Crippen molar-refractivity contribution in [2.45, 2.75) is 5.92 Å². The van der Waals surface area contributed by atoms with Crippen molar-refractivity contribution in [3.63, 3.8) is 0 Å². The van der Waals surface area contributed by atoms with Gasteiger partial charge in [0.15, 0.2) is 0 Å². The van der Waals surface area contributed by atoms with E-state index in [1.807, 2.05) is 48.5 Å². The molecule has 4 heteroatoms. The van der Waals surface area contributed by atoms with Gasteiger partial charge in [0.1, 0.15) is 17.2 Å². The molecule has 1 atom stereocenters. The van der Waals surface area contributed by atoms with Gasteiger partial charge in [-0.25, -0.2) is 0 Å². The number of methoxy groups -OCH3 is 2. The molecule has 0 aromatic heterocycles. The number of rotatable bonds is 7. The van der Waals surface area contributed by atoms with Gasteiger partial charge in [0.2, 0.25) is 0 Å². The first-order chi connectivity index (χ1) is 10.3. The van der Waals surface area contributed by atoms with E-state index in [1.165, 1.54) is 0 Å². The maximum absolute atomic E-state index is 9.62. The third kappa shape index (κ3) is 3.89. The largest absolute Gasteiger partial charge is 0.497 e. The first kappa shape index (κ1) is 15.2. The van der Waals surface area contributed by atoms with E-state index in [1.54, 1.807) is 14.2 Å². The average molecular weight is 288 g/mol. The van der Waals surface area contributed by atoms with Crippen LogP contribution in [-0.2, 0) is 0 Å². The van der Waals surface area contributed by atoms with E-state index in [0.29, 0.717) is 12.4 Å². The summed E-state index contributed by atoms with van der Waals surface area (Å²) in [5, 5.41) is 9.62. The van der Waals surface area contributed by atoms with E-state index in [4.69, 9.17) is 14.2 Å². The summed E-state index contributed by atoms with van der Waals surface area (Å²) >= 11 is 0. The van der Waals surface area contributed by atoms with Crippen LogP contribution in [0.1, 0.15) is 11.5 Å². The number of ether oxygens (including phenoxy) is 3. The van der Waals surface area contributed by atoms with Crippen LogP contribution >= 0.6 is 0 Å². The number of benzene rings is 2. The zero-order valence-electron chi connectivity index (χ0n) is 12.3. The second-order valence-electron chi connectivity index (χ2n) is 4.61. The van der Waals surface area contributed by atoms with E-state index in [-0.39, 0.29) is 12.5 Å². The van der Waals surface area contributed by atoms with Crippen LogP contribution in [0, 0.1) is 0 Å². The molecule has 0 amide bonds. The third-order valence-electron chi connectivity index (χ3n) is 3.29. The molecule has 0 bridgehead atoms. The molecular formula is C17H20O4. The van der Waals surface area contributed by atoms with Crippen LogP contribution in [0.4, 0.5) is 0 Å². The molecule has 0 fully saturated rings. The average Bonchev–Trinajstić information content (AvgIpc) is 2.56. The minimum Gasteiger partial charge on any atom is -0.497 e. The lowest BCUT2D eigenvalue weighted by atomic mass is 10.00. The number of aliphatic hydroxyl groups excluding tert-OH is 1. The molecule has 0 aliphatic rings. The summed E-state index contributed by atoms with van der Waals surface area (Å²) in [7, 11) is 3.24. The van der Waals surface area contributed by atoms with E-state index < -0.39 is 0 Å². The van der Waals surface area contributed by atoms with Crippen LogP contribution in [0.5, 0.6) is 17.2 Å². The minimum absolute atomic E-state index is 0.00958. The zero-order valence-corrected chi connectivity index (χ0v) is 12.3. The van der Waals surface area contributed by atoms with Crippen molar-refractivity contribution in [1.29, 1.82) is 0 Å². The van der Waals surface area contributed by atoms with Gasteiger partial charge in [0.05, 0.1) is 27.4 Å². The number of aliphatic hydroxyl groups is 1. The molecule has 0 heterocycles. The monoisotopic (exact) mass is 288 g/mol. The first-order valence-corrected chi connectivity index (χ1v) is 6.79. The van der Waals surface area contributed by atoms with Crippen molar-refractivity contribution in [3.05, 3.63) is 54.1 Å². The highest BCUT2D eigenvalue weighted by Crippen LogP contribution is 2.27. The van der Waals surface area contributed by atoms with Crippen LogP contribution in [0.3, 0.4) is 0 Å². The Bertz CT molecular complexity index is 568. The molecule has 2 aromatic carbocycles. The fourth-order valence-electron chi connectivity index (χ4n) is 2.13. The summed E-state index contributed by atoms with van der Waals surface area (Å²) in [6.07, 6.45) is 0. The van der Waals surface area contributed by atoms with Gasteiger partial charge in [0.25, 0.3) is 0 Å². The summed E-state index contributed by atoms with van der Waals surface area (Å²) in [6, 6.07) is 15.0. The second-order valence-corrected chi connectivity index (χ2v) is 4.61. The van der Waals surface area contributed by atoms with Crippen LogP contribution in [0.2, 0.25) is 0 Å². The highest BCUT2D eigenvalue weighted by molar-refractivity contribution is 5.37. The number of hydrogen-bond donors (Lipinski definition) is 1. The molecule has 2 rings (SSSR count). The van der Waals surface area contributed by atoms with Gasteiger partial charge in [-0.1, -0.05) is 24.3 Å². The Balaban J connectivity index is 2.08. The van der Waals surface area contributed by atoms with E-state index in [0.717, 1.165) is 17.1 Å². The highest BCUT2D eigenvalue weighted by atomic mass is 16.5. The summed E-state index contributed by atoms with van der Waals surface area (Å²) < 4.78 is 16.2. The first-order valence-electron chi connectivity index (χ1n) is 6.79. The number of hydrogen-bond acceptors (Lipinski definition) is 4. The summed E-state index contributed by atoms with van der Waals surface area (Å²) in [6.45, 7) is 0.356. The zero-order chi connectivity index (χ0) is 15.1. The maximum Gasteiger partial charge on any atom is 0.123 e. The van der Waals surface area contributed by atoms with Crippen molar-refractivity contribution in [1.82, 2.24) is 0 Å². The second kappa shape index (κ2) is 7.55. The predicted octanol–water partition coefficient (Wildman–Crippen LogP) is 2.86. The van der Waals surface area contributed by atoms with Crippen molar-refractivity contribution in [2.24, 2.45) is 0 Å². The molecule has 1 N–H and O–H groups in total. The van der Waals surface area contributed by atoms with E-state index in [9.17, 15) is 5.11 Å². The van der Waals surface area contributed by atoms with E-state index in [2.05, 4.69) is 0 Å². The standard InChI is InChI=1S/C17H20O4/c1-19-14-6-5-7-15(10-14)21-12-13(11-18)16-8-3-4-9-17(16)20-2/h3-10,13,18H,11-12H2,1-2H3. The van der Waals surface area contributed by atoms with Crippen LogP contribution in [0.15, 0.2) is 48.5 Å². The van der Waals surface area contributed by atoms with Gasteiger partial charge in [-0.3, -0.25) is 0 Å². The third-order valence-corrected chi connectivity index (χ3v) is 3.29. The van der Waals surface area contributed by atoms with Crippen molar-refractivity contribution < 1.29 is 19.3 Å². The van der Waals surface area contributed by atoms with Gasteiger partial charge >= 0.3 is 0 Å². The molecular weight excluding hydrogens is 268 g/mol. The lowest BCUT2D eigenvalue weighted by molar-refractivity contribution is 0.202. The summed E-state index contributed by atoms with van der Waals surface area (Å²) in [5.74, 6) is 2.06. The quantitative estimate of drug-likeness (QED) is 0.851. The minimum atomic E-state index is -0.146. The molecule has 0 aliphatic carbocycles. The molecule has 21 heavy (non-hydrogen) atoms. The van der Waals surface area contributed by atoms with Crippen molar-refractivity contribution in [3.8, 4) is 17.2 Å². The molecule has 1 unspecified atom stereocenters. The van der Waals surface area contributed by atoms with Gasteiger partial charge in [-0.15, -0.1) is 0 Å². The predicted molar refractivity (Wildman–Crippen MR) is 81.3 cm³/mol. The summed E-state index contributed by atoms with van der Waals surface area (Å²) in [4.78, 5) is 0. The molecule has 2 aromatic rings. The Morgan fingerprint density at radius 1 is 0.952 bits per heavy atom.